The van der Waals surface area contributed by atoms with Gasteiger partial charge in [0.2, 0.25) is 0 Å². The van der Waals surface area contributed by atoms with Crippen LogP contribution in [0.5, 0.6) is 0 Å². The largest absolute Gasteiger partial charge is 0.384 e. The van der Waals surface area contributed by atoms with E-state index in [1.54, 1.807) is 0 Å². The molecule has 2 fully saturated rings. The van der Waals surface area contributed by atoms with E-state index < -0.39 is 0 Å². The first-order valence-corrected chi connectivity index (χ1v) is 7.71. The number of aromatic nitrogens is 1. The van der Waals surface area contributed by atoms with E-state index in [1.807, 2.05) is 12.3 Å². The van der Waals surface area contributed by atoms with E-state index in [-0.39, 0.29) is 5.60 Å². The summed E-state index contributed by atoms with van der Waals surface area (Å²) < 4.78 is 5.95. The summed E-state index contributed by atoms with van der Waals surface area (Å²) in [6.45, 7) is 11.5. The van der Waals surface area contributed by atoms with Crippen LogP contribution in [-0.2, 0) is 4.74 Å². The lowest BCUT2D eigenvalue weighted by atomic mass is 10.0. The van der Waals surface area contributed by atoms with E-state index in [2.05, 4.69) is 48.5 Å². The van der Waals surface area contributed by atoms with Gasteiger partial charge >= 0.3 is 0 Å². The maximum absolute atomic E-state index is 5.95. The van der Waals surface area contributed by atoms with Gasteiger partial charge < -0.3 is 15.4 Å². The van der Waals surface area contributed by atoms with Gasteiger partial charge in [-0.25, -0.2) is 4.98 Å². The number of anilines is 2. The highest BCUT2D eigenvalue weighted by molar-refractivity contribution is 5.51. The molecule has 0 amide bonds. The lowest BCUT2D eigenvalue weighted by molar-refractivity contribution is -0.0698. The zero-order valence-electron chi connectivity index (χ0n) is 13.4. The summed E-state index contributed by atoms with van der Waals surface area (Å²) >= 11 is 0. The van der Waals surface area contributed by atoms with Crippen LogP contribution in [0.15, 0.2) is 18.3 Å². The number of hydrogen-bond acceptors (Lipinski definition) is 5. The van der Waals surface area contributed by atoms with Crippen molar-refractivity contribution in [2.45, 2.75) is 45.4 Å². The fourth-order valence-corrected chi connectivity index (χ4v) is 3.42. The summed E-state index contributed by atoms with van der Waals surface area (Å²) in [5.41, 5.74) is 6.78. The van der Waals surface area contributed by atoms with Gasteiger partial charge in [-0.2, -0.15) is 0 Å². The fourth-order valence-electron chi connectivity index (χ4n) is 3.42. The predicted octanol–water partition coefficient (Wildman–Crippen LogP) is 1.95. The number of fused-ring (bicyclic) bond motifs is 2. The maximum Gasteiger partial charge on any atom is 0.123 e. The summed E-state index contributed by atoms with van der Waals surface area (Å²) in [5, 5.41) is 0. The standard InChI is InChI=1S/C16H26N4O/c1-11-13-9-20(12-5-6-15(17)18-7-12)14(11)8-19(13)10-21-16(2,3)4/h5-7,11,13-14H,8-10H2,1-4H3,(H2,17,18)/t11-,13?,14-/m0/s1. The van der Waals surface area contributed by atoms with Crippen molar-refractivity contribution in [1.82, 2.24) is 9.88 Å². The molecule has 5 heteroatoms. The Kier molecular flexibility index (Phi) is 3.58. The molecule has 2 saturated heterocycles. The van der Waals surface area contributed by atoms with Crippen LogP contribution < -0.4 is 10.6 Å². The highest BCUT2D eigenvalue weighted by atomic mass is 16.5. The van der Waals surface area contributed by atoms with Gasteiger partial charge in [0.15, 0.2) is 0 Å². The molecule has 21 heavy (non-hydrogen) atoms. The van der Waals surface area contributed by atoms with Crippen molar-refractivity contribution >= 4 is 11.5 Å². The molecule has 1 aromatic heterocycles. The molecule has 1 unspecified atom stereocenters. The van der Waals surface area contributed by atoms with E-state index in [4.69, 9.17) is 10.5 Å². The van der Waals surface area contributed by atoms with Gasteiger partial charge in [-0.1, -0.05) is 6.92 Å². The molecular weight excluding hydrogens is 264 g/mol. The molecule has 1 aromatic rings. The Morgan fingerprint density at radius 2 is 2.05 bits per heavy atom. The average Bonchev–Trinajstić information content (AvgIpc) is 2.89. The third-order valence-corrected chi connectivity index (χ3v) is 4.65. The van der Waals surface area contributed by atoms with Gasteiger partial charge in [0.25, 0.3) is 0 Å². The molecule has 2 aliphatic heterocycles. The van der Waals surface area contributed by atoms with Crippen molar-refractivity contribution in [3.8, 4) is 0 Å². The van der Waals surface area contributed by atoms with Crippen molar-refractivity contribution < 1.29 is 4.74 Å². The number of pyridine rings is 1. The Balaban J connectivity index is 1.66. The number of ether oxygens (including phenoxy) is 1. The quantitative estimate of drug-likeness (QED) is 0.922. The Morgan fingerprint density at radius 3 is 2.57 bits per heavy atom. The molecular formula is C16H26N4O. The number of nitrogens with zero attached hydrogens (tertiary/aromatic N) is 3. The zero-order valence-corrected chi connectivity index (χ0v) is 13.4. The first-order valence-electron chi connectivity index (χ1n) is 7.71. The Hall–Kier alpha value is -1.33. The Bertz CT molecular complexity index is 496. The number of rotatable bonds is 3. The molecule has 5 nitrogen and oxygen atoms in total. The molecule has 0 radical (unpaired) electrons. The van der Waals surface area contributed by atoms with Crippen molar-refractivity contribution in [1.29, 1.82) is 0 Å². The molecule has 3 atom stereocenters. The van der Waals surface area contributed by atoms with Crippen LogP contribution in [0.2, 0.25) is 0 Å². The van der Waals surface area contributed by atoms with Crippen LogP contribution in [-0.4, -0.2) is 47.4 Å². The van der Waals surface area contributed by atoms with Crippen LogP contribution in [0.3, 0.4) is 0 Å². The number of nitrogens with two attached hydrogens (primary N) is 1. The Labute approximate surface area is 127 Å². The van der Waals surface area contributed by atoms with Crippen LogP contribution in [0.25, 0.3) is 0 Å². The Morgan fingerprint density at radius 1 is 1.29 bits per heavy atom. The third-order valence-electron chi connectivity index (χ3n) is 4.65. The van der Waals surface area contributed by atoms with E-state index in [9.17, 15) is 0 Å². The molecule has 116 valence electrons. The van der Waals surface area contributed by atoms with Crippen LogP contribution in [0.1, 0.15) is 27.7 Å². The topological polar surface area (TPSA) is 54.6 Å². The number of nitrogen functional groups attached to an aromatic ring is 1. The SMILES string of the molecule is C[C@H]1C2CN(c3ccc(N)nc3)[C@H]1CN2COC(C)(C)C. The van der Waals surface area contributed by atoms with Gasteiger partial charge in [-0.3, -0.25) is 4.90 Å². The molecule has 2 aliphatic rings. The molecule has 3 rings (SSSR count). The summed E-state index contributed by atoms with van der Waals surface area (Å²) in [5.74, 6) is 1.24. The van der Waals surface area contributed by atoms with Crippen molar-refractivity contribution in [3.05, 3.63) is 18.3 Å². The maximum atomic E-state index is 5.95. The van der Waals surface area contributed by atoms with Crippen LogP contribution >= 0.6 is 0 Å². The number of piperazine rings is 1. The average molecular weight is 290 g/mol. The summed E-state index contributed by atoms with van der Waals surface area (Å²) in [4.78, 5) is 9.16. The normalized spacial score (nSPS) is 29.3. The molecule has 2 bridgehead atoms. The van der Waals surface area contributed by atoms with Gasteiger partial charge in [-0.05, 0) is 38.8 Å². The summed E-state index contributed by atoms with van der Waals surface area (Å²) in [6.07, 6.45) is 1.89. The van der Waals surface area contributed by atoms with Gasteiger partial charge in [0.05, 0.1) is 17.5 Å². The molecule has 0 spiro atoms. The molecule has 0 aliphatic carbocycles. The van der Waals surface area contributed by atoms with Gasteiger partial charge in [-0.15, -0.1) is 0 Å². The lowest BCUT2D eigenvalue weighted by Crippen LogP contribution is -2.48. The minimum atomic E-state index is -0.0777. The predicted molar refractivity (Wildman–Crippen MR) is 85.1 cm³/mol. The second-order valence-corrected chi connectivity index (χ2v) is 7.24. The van der Waals surface area contributed by atoms with E-state index in [0.717, 1.165) is 19.8 Å². The van der Waals surface area contributed by atoms with Crippen molar-refractivity contribution in [2.75, 3.05) is 30.5 Å². The van der Waals surface area contributed by atoms with Crippen molar-refractivity contribution in [2.24, 2.45) is 5.92 Å². The smallest absolute Gasteiger partial charge is 0.123 e. The van der Waals surface area contributed by atoms with Gasteiger partial charge in [0.1, 0.15) is 12.5 Å². The minimum absolute atomic E-state index is 0.0777. The molecule has 3 heterocycles. The monoisotopic (exact) mass is 290 g/mol. The number of hydrogen-bond donors (Lipinski definition) is 1. The summed E-state index contributed by atoms with van der Waals surface area (Å²) in [6, 6.07) is 5.07. The molecule has 0 saturated carbocycles. The first-order chi connectivity index (χ1) is 9.85. The second kappa shape index (κ2) is 5.14. The van der Waals surface area contributed by atoms with Crippen LogP contribution in [0, 0.1) is 5.92 Å². The van der Waals surface area contributed by atoms with E-state index in [0.29, 0.717) is 23.8 Å². The van der Waals surface area contributed by atoms with Crippen LogP contribution in [0.4, 0.5) is 11.5 Å². The van der Waals surface area contributed by atoms with E-state index >= 15 is 0 Å². The third kappa shape index (κ3) is 2.85. The van der Waals surface area contributed by atoms with Gasteiger partial charge in [0, 0.05) is 25.2 Å². The fraction of sp³-hybridized carbons (Fsp3) is 0.688. The minimum Gasteiger partial charge on any atom is -0.384 e. The van der Waals surface area contributed by atoms with Crippen molar-refractivity contribution in [3.63, 3.8) is 0 Å². The second-order valence-electron chi connectivity index (χ2n) is 7.24. The highest BCUT2D eigenvalue weighted by Crippen LogP contribution is 2.38. The first kappa shape index (κ1) is 14.6. The summed E-state index contributed by atoms with van der Waals surface area (Å²) in [7, 11) is 0. The zero-order chi connectivity index (χ0) is 15.2. The number of likely N-dealkylation sites (tertiary alicyclic amines) is 1. The molecule has 2 N–H and O–H groups in total. The highest BCUT2D eigenvalue weighted by Gasteiger charge is 2.49. The molecule has 0 aromatic carbocycles. The lowest BCUT2D eigenvalue weighted by Gasteiger charge is -2.36. The van der Waals surface area contributed by atoms with E-state index in [1.165, 1.54) is 5.69 Å².